The molecule has 0 saturated heterocycles. The maximum Gasteiger partial charge on any atom is 0.118 e. The zero-order chi connectivity index (χ0) is 16.7. The topological polar surface area (TPSA) is 38.0 Å². The van der Waals surface area contributed by atoms with Gasteiger partial charge in [0.05, 0.1) is 12.9 Å². The van der Waals surface area contributed by atoms with Gasteiger partial charge in [-0.2, -0.15) is 11.8 Å². The molecule has 0 aliphatic rings. The van der Waals surface area contributed by atoms with E-state index in [9.17, 15) is 5.11 Å². The lowest BCUT2D eigenvalue weighted by Crippen LogP contribution is -2.34. The number of imidazole rings is 1. The molecule has 1 atom stereocenters. The van der Waals surface area contributed by atoms with E-state index in [1.807, 2.05) is 16.8 Å². The summed E-state index contributed by atoms with van der Waals surface area (Å²) in [6.07, 6.45) is 8.83. The van der Waals surface area contributed by atoms with E-state index < -0.39 is 5.60 Å². The highest BCUT2D eigenvalue weighted by Gasteiger charge is 2.32. The third-order valence-electron chi connectivity index (χ3n) is 3.67. The lowest BCUT2D eigenvalue weighted by Gasteiger charge is -2.30. The van der Waals surface area contributed by atoms with E-state index in [0.717, 1.165) is 12.2 Å². The lowest BCUT2D eigenvalue weighted by molar-refractivity contribution is 0.0435. The van der Waals surface area contributed by atoms with Gasteiger partial charge in [0.25, 0.3) is 0 Å². The Bertz CT molecular complexity index is 607. The van der Waals surface area contributed by atoms with Crippen molar-refractivity contribution in [3.63, 3.8) is 0 Å². The van der Waals surface area contributed by atoms with E-state index in [-0.39, 0.29) is 0 Å². The van der Waals surface area contributed by atoms with Crippen LogP contribution in [-0.2, 0) is 12.1 Å². The van der Waals surface area contributed by atoms with E-state index >= 15 is 0 Å². The molecule has 126 valence electrons. The van der Waals surface area contributed by atoms with Crippen LogP contribution in [0.1, 0.15) is 31.7 Å². The highest BCUT2D eigenvalue weighted by Crippen LogP contribution is 2.34. The molecule has 23 heavy (non-hydrogen) atoms. The van der Waals surface area contributed by atoms with Crippen molar-refractivity contribution in [3.8, 4) is 0 Å². The molecule has 2 rings (SSSR count). The zero-order valence-electron chi connectivity index (χ0n) is 13.2. The van der Waals surface area contributed by atoms with Crippen molar-refractivity contribution in [2.45, 2.75) is 38.3 Å². The number of unbranched alkanes of at least 4 members (excludes halogenated alkanes) is 2. The van der Waals surface area contributed by atoms with Gasteiger partial charge in [-0.25, -0.2) is 4.98 Å². The van der Waals surface area contributed by atoms with E-state index in [0.29, 0.717) is 27.9 Å². The number of hydrogen-bond donors (Lipinski definition) is 1. The summed E-state index contributed by atoms with van der Waals surface area (Å²) in [5.41, 5.74) is -0.348. The number of hydrogen-bond acceptors (Lipinski definition) is 3. The molecule has 0 fully saturated rings. The average molecular weight is 373 g/mol. The highest BCUT2D eigenvalue weighted by molar-refractivity contribution is 7.99. The first-order valence-corrected chi connectivity index (χ1v) is 9.67. The van der Waals surface area contributed by atoms with Crippen molar-refractivity contribution in [2.75, 3.05) is 11.5 Å². The minimum Gasteiger partial charge on any atom is -0.382 e. The smallest absolute Gasteiger partial charge is 0.118 e. The summed E-state index contributed by atoms with van der Waals surface area (Å²) in [5.74, 6) is 1.61. The summed E-state index contributed by atoms with van der Waals surface area (Å²) >= 11 is 14.1. The number of aromatic nitrogens is 2. The number of aliphatic hydroxyl groups is 1. The van der Waals surface area contributed by atoms with Gasteiger partial charge in [0, 0.05) is 33.8 Å². The minimum atomic E-state index is -1.06. The van der Waals surface area contributed by atoms with Crippen LogP contribution in [0.25, 0.3) is 0 Å². The third kappa shape index (κ3) is 5.42. The summed E-state index contributed by atoms with van der Waals surface area (Å²) in [6, 6.07) is 5.26. The van der Waals surface area contributed by atoms with Crippen LogP contribution in [0.3, 0.4) is 0 Å². The number of rotatable bonds is 9. The molecule has 2 aromatic rings. The minimum absolute atomic E-state index is 0.412. The average Bonchev–Trinajstić information content (AvgIpc) is 2.99. The van der Waals surface area contributed by atoms with Crippen molar-refractivity contribution in [1.82, 2.24) is 9.55 Å². The molecule has 1 heterocycles. The van der Waals surface area contributed by atoms with E-state index in [1.165, 1.54) is 12.8 Å². The Morgan fingerprint density at radius 3 is 2.78 bits per heavy atom. The van der Waals surface area contributed by atoms with E-state index in [1.54, 1.807) is 36.4 Å². The maximum absolute atomic E-state index is 11.3. The first-order chi connectivity index (χ1) is 11.0. The molecule has 1 N–H and O–H groups in total. The van der Waals surface area contributed by atoms with Gasteiger partial charge in [0.1, 0.15) is 5.60 Å². The highest BCUT2D eigenvalue weighted by atomic mass is 35.5. The Morgan fingerprint density at radius 2 is 2.13 bits per heavy atom. The van der Waals surface area contributed by atoms with Gasteiger partial charge in [-0.15, -0.1) is 0 Å². The van der Waals surface area contributed by atoms with Gasteiger partial charge in [-0.1, -0.05) is 49.0 Å². The number of nitrogens with zero attached hydrogens (tertiary/aromatic N) is 2. The summed E-state index contributed by atoms with van der Waals surface area (Å²) in [5, 5.41) is 12.3. The van der Waals surface area contributed by atoms with Crippen molar-refractivity contribution in [1.29, 1.82) is 0 Å². The van der Waals surface area contributed by atoms with Gasteiger partial charge < -0.3 is 9.67 Å². The maximum atomic E-state index is 11.3. The monoisotopic (exact) mass is 372 g/mol. The van der Waals surface area contributed by atoms with Crippen LogP contribution < -0.4 is 0 Å². The Labute approximate surface area is 152 Å². The molecule has 0 aliphatic heterocycles. The number of thioether (sulfide) groups is 1. The van der Waals surface area contributed by atoms with Crippen LogP contribution in [0, 0.1) is 0 Å². The molecule has 0 amide bonds. The molecule has 0 radical (unpaired) electrons. The van der Waals surface area contributed by atoms with Gasteiger partial charge in [-0.3, -0.25) is 0 Å². The molecular weight excluding hydrogens is 351 g/mol. The quantitative estimate of drug-likeness (QED) is 0.629. The Kier molecular flexibility index (Phi) is 7.28. The fraction of sp³-hybridized carbons (Fsp3) is 0.471. The first kappa shape index (κ1) is 18.7. The second-order valence-electron chi connectivity index (χ2n) is 5.65. The Balaban J connectivity index is 2.16. The van der Waals surface area contributed by atoms with Crippen molar-refractivity contribution < 1.29 is 5.11 Å². The molecule has 6 heteroatoms. The second kappa shape index (κ2) is 8.97. The second-order valence-corrected chi connectivity index (χ2v) is 7.60. The zero-order valence-corrected chi connectivity index (χ0v) is 15.5. The van der Waals surface area contributed by atoms with Crippen molar-refractivity contribution in [2.24, 2.45) is 0 Å². The molecule has 3 nitrogen and oxygen atoms in total. The summed E-state index contributed by atoms with van der Waals surface area (Å²) in [7, 11) is 0. The SMILES string of the molecule is CCCCCSC[C@@](O)(Cn1ccnc1)c1ccc(Cl)cc1Cl. The molecule has 0 bridgehead atoms. The Hall–Kier alpha value is -0.680. The largest absolute Gasteiger partial charge is 0.382 e. The number of halogens is 2. The molecule has 1 aromatic carbocycles. The summed E-state index contributed by atoms with van der Waals surface area (Å²) in [4.78, 5) is 4.05. The van der Waals surface area contributed by atoms with Gasteiger partial charge in [0.2, 0.25) is 0 Å². The Morgan fingerprint density at radius 1 is 1.30 bits per heavy atom. The third-order valence-corrected chi connectivity index (χ3v) is 5.48. The molecular formula is C17H22Cl2N2OS. The first-order valence-electron chi connectivity index (χ1n) is 7.76. The standard InChI is InChI=1S/C17H22Cl2N2OS/c1-2-3-4-9-23-12-17(22,11-21-8-7-20-13-21)15-6-5-14(18)10-16(15)19/h5-8,10,13,22H,2-4,9,11-12H2,1H3/t17-/m0/s1. The predicted molar refractivity (Wildman–Crippen MR) is 99.4 cm³/mol. The van der Waals surface area contributed by atoms with Crippen LogP contribution in [0.5, 0.6) is 0 Å². The van der Waals surface area contributed by atoms with Gasteiger partial charge in [0.15, 0.2) is 0 Å². The van der Waals surface area contributed by atoms with Crippen LogP contribution >= 0.6 is 35.0 Å². The van der Waals surface area contributed by atoms with Crippen molar-refractivity contribution >= 4 is 35.0 Å². The van der Waals surface area contributed by atoms with Crippen LogP contribution in [0.15, 0.2) is 36.9 Å². The van der Waals surface area contributed by atoms with E-state index in [4.69, 9.17) is 23.2 Å². The molecule has 0 saturated carbocycles. The fourth-order valence-electron chi connectivity index (χ4n) is 2.45. The summed E-state index contributed by atoms with van der Waals surface area (Å²) in [6.45, 7) is 2.60. The molecule has 0 unspecified atom stereocenters. The normalized spacial score (nSPS) is 13.9. The van der Waals surface area contributed by atoms with Crippen LogP contribution in [0.4, 0.5) is 0 Å². The van der Waals surface area contributed by atoms with Crippen LogP contribution in [0.2, 0.25) is 10.0 Å². The molecule has 0 aliphatic carbocycles. The van der Waals surface area contributed by atoms with E-state index in [2.05, 4.69) is 11.9 Å². The predicted octanol–water partition coefficient (Wildman–Crippen LogP) is 5.00. The lowest BCUT2D eigenvalue weighted by atomic mass is 9.95. The molecule has 1 aromatic heterocycles. The summed E-state index contributed by atoms with van der Waals surface area (Å²) < 4.78 is 1.87. The molecule has 0 spiro atoms. The van der Waals surface area contributed by atoms with Crippen LogP contribution in [-0.4, -0.2) is 26.2 Å². The fourth-order valence-corrected chi connectivity index (χ4v) is 4.17. The van der Waals surface area contributed by atoms with Gasteiger partial charge in [-0.05, 0) is 24.3 Å². The van der Waals surface area contributed by atoms with Crippen molar-refractivity contribution in [3.05, 3.63) is 52.5 Å². The van der Waals surface area contributed by atoms with Gasteiger partial charge >= 0.3 is 0 Å². The number of benzene rings is 1.